The Labute approximate surface area is 109 Å². The lowest BCUT2D eigenvalue weighted by Crippen LogP contribution is -2.32. The molecular weight excluding hydrogens is 206 g/mol. The quantitative estimate of drug-likeness (QED) is 0.571. The van der Waals surface area contributed by atoms with Crippen LogP contribution < -0.4 is 5.32 Å². The van der Waals surface area contributed by atoms with Gasteiger partial charge in [0.05, 0.1) is 0 Å². The van der Waals surface area contributed by atoms with E-state index in [9.17, 15) is 0 Å². The van der Waals surface area contributed by atoms with Gasteiger partial charge in [0.15, 0.2) is 0 Å². The van der Waals surface area contributed by atoms with Gasteiger partial charge in [0.25, 0.3) is 0 Å². The zero-order valence-electron chi connectivity index (χ0n) is 12.7. The van der Waals surface area contributed by atoms with Crippen LogP contribution in [0.5, 0.6) is 0 Å². The fourth-order valence-corrected chi connectivity index (χ4v) is 2.59. The highest BCUT2D eigenvalue weighted by Crippen LogP contribution is 2.27. The summed E-state index contributed by atoms with van der Waals surface area (Å²) in [7, 11) is 0. The molecular formula is C16H33N. The second-order valence-corrected chi connectivity index (χ2v) is 6.62. The third-order valence-corrected chi connectivity index (χ3v) is 3.05. The van der Waals surface area contributed by atoms with E-state index >= 15 is 0 Å². The summed E-state index contributed by atoms with van der Waals surface area (Å²) in [5.74, 6) is 0.800. The van der Waals surface area contributed by atoms with Crippen LogP contribution in [0.15, 0.2) is 12.7 Å². The van der Waals surface area contributed by atoms with Crippen LogP contribution in [0.4, 0.5) is 0 Å². The molecule has 0 rings (SSSR count). The van der Waals surface area contributed by atoms with E-state index in [-0.39, 0.29) is 0 Å². The summed E-state index contributed by atoms with van der Waals surface area (Å²) in [5.41, 5.74) is 0.452. The van der Waals surface area contributed by atoms with Gasteiger partial charge >= 0.3 is 0 Å². The number of rotatable bonds is 9. The van der Waals surface area contributed by atoms with Crippen LogP contribution in [-0.4, -0.2) is 12.6 Å². The first-order valence-electron chi connectivity index (χ1n) is 7.23. The Morgan fingerprint density at radius 3 is 2.41 bits per heavy atom. The highest BCUT2D eigenvalue weighted by molar-refractivity contribution is 4.77. The predicted molar refractivity (Wildman–Crippen MR) is 79.4 cm³/mol. The standard InChI is InChI=1S/C16H33N/c1-7-9-10-15(17-11-8-2)12-14(3)13-16(4,5)6/h7,14-15,17H,1,8-13H2,2-6H3. The summed E-state index contributed by atoms with van der Waals surface area (Å²) in [6.07, 6.45) is 8.23. The predicted octanol–water partition coefficient (Wildman–Crippen LogP) is 4.78. The van der Waals surface area contributed by atoms with Crippen LogP contribution >= 0.6 is 0 Å². The maximum absolute atomic E-state index is 3.82. The van der Waals surface area contributed by atoms with E-state index in [4.69, 9.17) is 0 Å². The maximum Gasteiger partial charge on any atom is 0.00725 e. The second kappa shape index (κ2) is 8.74. The van der Waals surface area contributed by atoms with Crippen molar-refractivity contribution in [2.75, 3.05) is 6.54 Å². The second-order valence-electron chi connectivity index (χ2n) is 6.62. The molecule has 1 nitrogen and oxygen atoms in total. The van der Waals surface area contributed by atoms with E-state index in [1.165, 1.54) is 25.7 Å². The molecule has 0 aromatic carbocycles. The third kappa shape index (κ3) is 10.6. The van der Waals surface area contributed by atoms with Crippen LogP contribution in [0.3, 0.4) is 0 Å². The minimum atomic E-state index is 0.452. The minimum Gasteiger partial charge on any atom is -0.314 e. The Morgan fingerprint density at radius 2 is 1.94 bits per heavy atom. The highest BCUT2D eigenvalue weighted by Gasteiger charge is 2.18. The van der Waals surface area contributed by atoms with Crippen LogP contribution in [-0.2, 0) is 0 Å². The van der Waals surface area contributed by atoms with Crippen molar-refractivity contribution in [2.45, 2.75) is 72.8 Å². The van der Waals surface area contributed by atoms with E-state index in [0.29, 0.717) is 11.5 Å². The molecule has 0 radical (unpaired) electrons. The van der Waals surface area contributed by atoms with Gasteiger partial charge in [-0.3, -0.25) is 0 Å². The molecule has 0 saturated heterocycles. The number of hydrogen-bond donors (Lipinski definition) is 1. The molecule has 102 valence electrons. The normalized spacial score (nSPS) is 15.6. The molecule has 17 heavy (non-hydrogen) atoms. The molecule has 0 aromatic rings. The fraction of sp³-hybridized carbons (Fsp3) is 0.875. The lowest BCUT2D eigenvalue weighted by atomic mass is 9.82. The lowest BCUT2D eigenvalue weighted by molar-refractivity contribution is 0.271. The van der Waals surface area contributed by atoms with Crippen molar-refractivity contribution in [1.82, 2.24) is 5.32 Å². The summed E-state index contributed by atoms with van der Waals surface area (Å²) in [6, 6.07) is 0.672. The van der Waals surface area contributed by atoms with Crippen molar-refractivity contribution in [3.05, 3.63) is 12.7 Å². The van der Waals surface area contributed by atoms with Crippen molar-refractivity contribution in [1.29, 1.82) is 0 Å². The average Bonchev–Trinajstić information content (AvgIpc) is 2.19. The molecule has 1 heteroatoms. The topological polar surface area (TPSA) is 12.0 Å². The highest BCUT2D eigenvalue weighted by atomic mass is 14.9. The molecule has 0 saturated carbocycles. The van der Waals surface area contributed by atoms with Gasteiger partial charge in [-0.2, -0.15) is 0 Å². The molecule has 0 aliphatic carbocycles. The van der Waals surface area contributed by atoms with Gasteiger partial charge in [-0.25, -0.2) is 0 Å². The van der Waals surface area contributed by atoms with Crippen molar-refractivity contribution in [2.24, 2.45) is 11.3 Å². The molecule has 2 atom stereocenters. The Bertz CT molecular complexity index is 190. The van der Waals surface area contributed by atoms with E-state index in [0.717, 1.165) is 18.9 Å². The molecule has 0 heterocycles. The van der Waals surface area contributed by atoms with Crippen LogP contribution in [0.25, 0.3) is 0 Å². The van der Waals surface area contributed by atoms with Gasteiger partial charge in [0.1, 0.15) is 0 Å². The number of allylic oxidation sites excluding steroid dienone is 1. The zero-order valence-corrected chi connectivity index (χ0v) is 12.7. The Hall–Kier alpha value is -0.300. The van der Waals surface area contributed by atoms with Crippen molar-refractivity contribution < 1.29 is 0 Å². The molecule has 0 aliphatic rings. The van der Waals surface area contributed by atoms with Crippen molar-refractivity contribution >= 4 is 0 Å². The summed E-state index contributed by atoms with van der Waals surface area (Å²) < 4.78 is 0. The van der Waals surface area contributed by atoms with Gasteiger partial charge in [0, 0.05) is 6.04 Å². The first kappa shape index (κ1) is 16.7. The van der Waals surface area contributed by atoms with E-state index in [1.54, 1.807) is 0 Å². The maximum atomic E-state index is 3.82. The molecule has 1 N–H and O–H groups in total. The van der Waals surface area contributed by atoms with Crippen molar-refractivity contribution in [3.8, 4) is 0 Å². The summed E-state index contributed by atoms with van der Waals surface area (Å²) in [6.45, 7) is 16.6. The lowest BCUT2D eigenvalue weighted by Gasteiger charge is -2.27. The van der Waals surface area contributed by atoms with Crippen LogP contribution in [0.1, 0.15) is 66.7 Å². The SMILES string of the molecule is C=CCCC(CC(C)CC(C)(C)C)NCCC. The smallest absolute Gasteiger partial charge is 0.00725 e. The Kier molecular flexibility index (Phi) is 8.59. The van der Waals surface area contributed by atoms with E-state index in [2.05, 4.69) is 46.5 Å². The van der Waals surface area contributed by atoms with Gasteiger partial charge < -0.3 is 5.32 Å². The molecule has 0 bridgehead atoms. The first-order chi connectivity index (χ1) is 7.89. The summed E-state index contributed by atoms with van der Waals surface area (Å²) >= 11 is 0. The Morgan fingerprint density at radius 1 is 1.29 bits per heavy atom. The number of nitrogens with one attached hydrogen (secondary N) is 1. The van der Waals surface area contributed by atoms with Gasteiger partial charge in [-0.1, -0.05) is 40.7 Å². The van der Waals surface area contributed by atoms with E-state index in [1.807, 2.05) is 6.08 Å². The van der Waals surface area contributed by atoms with Gasteiger partial charge in [-0.05, 0) is 50.0 Å². The third-order valence-electron chi connectivity index (χ3n) is 3.05. The molecule has 0 fully saturated rings. The molecule has 0 aliphatic heterocycles. The van der Waals surface area contributed by atoms with Crippen molar-refractivity contribution in [3.63, 3.8) is 0 Å². The monoisotopic (exact) mass is 239 g/mol. The molecule has 0 spiro atoms. The summed E-state index contributed by atoms with van der Waals surface area (Å²) in [5, 5.41) is 3.67. The van der Waals surface area contributed by atoms with E-state index < -0.39 is 0 Å². The molecule has 0 aromatic heterocycles. The fourth-order valence-electron chi connectivity index (χ4n) is 2.59. The molecule has 2 unspecified atom stereocenters. The largest absolute Gasteiger partial charge is 0.314 e. The number of hydrogen-bond acceptors (Lipinski definition) is 1. The zero-order chi connectivity index (χ0) is 13.3. The molecule has 0 amide bonds. The van der Waals surface area contributed by atoms with Crippen LogP contribution in [0.2, 0.25) is 0 Å². The minimum absolute atomic E-state index is 0.452. The van der Waals surface area contributed by atoms with Gasteiger partial charge in [-0.15, -0.1) is 6.58 Å². The Balaban J connectivity index is 4.06. The first-order valence-corrected chi connectivity index (χ1v) is 7.23. The van der Waals surface area contributed by atoms with Crippen LogP contribution in [0, 0.1) is 11.3 Å². The summed E-state index contributed by atoms with van der Waals surface area (Å²) in [4.78, 5) is 0. The average molecular weight is 239 g/mol. The van der Waals surface area contributed by atoms with Gasteiger partial charge in [0.2, 0.25) is 0 Å².